The van der Waals surface area contributed by atoms with Crippen molar-refractivity contribution in [3.63, 3.8) is 0 Å². The van der Waals surface area contributed by atoms with E-state index in [0.717, 1.165) is 50.0 Å². The van der Waals surface area contributed by atoms with Crippen LogP contribution in [0.25, 0.3) is 44.3 Å². The maximum absolute atomic E-state index is 11.8. The Morgan fingerprint density at radius 2 is 1.14 bits per heavy atom. The third kappa shape index (κ3) is 8.41. The Morgan fingerprint density at radius 1 is 0.643 bits per heavy atom. The third-order valence-electron chi connectivity index (χ3n) is 9.09. The molecule has 0 atom stereocenters. The SMILES string of the molecule is CC(C)n1cc(-c2ccnc(Nc3cccc(S(C)(=O)=O)c3)n2)c2ccncc21.CSc1cccc(Nc2nccc(-c3cn(C(C)C)c4cnccc34)n2)c1. The minimum absolute atomic E-state index is 0.242. The number of aromatic nitrogens is 8. The smallest absolute Gasteiger partial charge is 0.227 e. The fraction of sp³-hybridized carbons (Fsp3) is 0.190. The summed E-state index contributed by atoms with van der Waals surface area (Å²) in [6, 6.07) is 23.3. The summed E-state index contributed by atoms with van der Waals surface area (Å²) in [6.45, 7) is 8.58. The van der Waals surface area contributed by atoms with Gasteiger partial charge in [-0.3, -0.25) is 9.97 Å². The van der Waals surface area contributed by atoms with Crippen LogP contribution in [0.15, 0.2) is 132 Å². The van der Waals surface area contributed by atoms with Crippen molar-refractivity contribution in [2.75, 3.05) is 23.1 Å². The molecular weight excluding hydrogens is 741 g/mol. The fourth-order valence-electron chi connectivity index (χ4n) is 6.36. The van der Waals surface area contributed by atoms with Crippen LogP contribution in [0.5, 0.6) is 0 Å². The lowest BCUT2D eigenvalue weighted by Crippen LogP contribution is -2.01. The first-order valence-corrected chi connectivity index (χ1v) is 21.1. The van der Waals surface area contributed by atoms with Gasteiger partial charge in [0.25, 0.3) is 0 Å². The number of hydrogen-bond acceptors (Lipinski definition) is 11. The third-order valence-corrected chi connectivity index (χ3v) is 10.9. The molecule has 0 unspecified atom stereocenters. The van der Waals surface area contributed by atoms with Crippen molar-refractivity contribution in [2.45, 2.75) is 49.6 Å². The molecule has 0 aliphatic heterocycles. The lowest BCUT2D eigenvalue weighted by atomic mass is 10.1. The van der Waals surface area contributed by atoms with Crippen molar-refractivity contribution in [3.8, 4) is 22.5 Å². The highest BCUT2D eigenvalue weighted by atomic mass is 32.2. The Balaban J connectivity index is 0.000000172. The van der Waals surface area contributed by atoms with Crippen molar-refractivity contribution < 1.29 is 8.42 Å². The van der Waals surface area contributed by atoms with Gasteiger partial charge in [0.05, 0.1) is 39.7 Å². The van der Waals surface area contributed by atoms with Crippen LogP contribution in [-0.2, 0) is 9.84 Å². The van der Waals surface area contributed by atoms with Crippen LogP contribution in [0.2, 0.25) is 0 Å². The minimum atomic E-state index is -3.29. The molecule has 8 rings (SSSR count). The highest BCUT2D eigenvalue weighted by Crippen LogP contribution is 2.33. The summed E-state index contributed by atoms with van der Waals surface area (Å²) in [4.78, 5) is 28.0. The average Bonchev–Trinajstić information content (AvgIpc) is 3.79. The molecule has 8 aromatic rings. The Morgan fingerprint density at radius 3 is 1.62 bits per heavy atom. The topological polar surface area (TPSA) is 145 Å². The minimum Gasteiger partial charge on any atom is -0.343 e. The number of nitrogens with zero attached hydrogens (tertiary/aromatic N) is 8. The van der Waals surface area contributed by atoms with E-state index in [-0.39, 0.29) is 10.9 Å². The van der Waals surface area contributed by atoms with Crippen molar-refractivity contribution in [1.82, 2.24) is 39.0 Å². The molecule has 2 N–H and O–H groups in total. The molecule has 0 aliphatic rings. The van der Waals surface area contributed by atoms with Crippen LogP contribution in [0.3, 0.4) is 0 Å². The number of rotatable bonds is 10. The van der Waals surface area contributed by atoms with E-state index >= 15 is 0 Å². The Hall–Kier alpha value is -6.12. The summed E-state index contributed by atoms with van der Waals surface area (Å²) in [5, 5.41) is 8.62. The van der Waals surface area contributed by atoms with Gasteiger partial charge < -0.3 is 19.8 Å². The van der Waals surface area contributed by atoms with Gasteiger partial charge in [-0.1, -0.05) is 12.1 Å². The summed E-state index contributed by atoms with van der Waals surface area (Å²) in [7, 11) is -3.29. The molecule has 0 saturated carbocycles. The molecule has 2 aromatic carbocycles. The van der Waals surface area contributed by atoms with E-state index in [1.165, 1.54) is 11.2 Å². The number of nitrogens with one attached hydrogen (secondary N) is 2. The predicted molar refractivity (Wildman–Crippen MR) is 227 cm³/mol. The first kappa shape index (κ1) is 38.2. The second-order valence-corrected chi connectivity index (χ2v) is 16.6. The van der Waals surface area contributed by atoms with Crippen molar-refractivity contribution in [2.24, 2.45) is 0 Å². The molecule has 0 fully saturated rings. The van der Waals surface area contributed by atoms with Gasteiger partial charge in [-0.25, -0.2) is 28.4 Å². The summed E-state index contributed by atoms with van der Waals surface area (Å²) < 4.78 is 28.0. The van der Waals surface area contributed by atoms with Crippen LogP contribution in [0.4, 0.5) is 23.3 Å². The Labute approximate surface area is 330 Å². The summed E-state index contributed by atoms with van der Waals surface area (Å²) in [6.07, 6.45) is 18.3. The molecule has 0 bridgehead atoms. The molecule has 0 saturated heterocycles. The largest absolute Gasteiger partial charge is 0.343 e. The first-order chi connectivity index (χ1) is 27.0. The number of anilines is 4. The maximum atomic E-state index is 11.8. The van der Waals surface area contributed by atoms with Crippen LogP contribution < -0.4 is 10.6 Å². The number of hydrogen-bond donors (Lipinski definition) is 2. The highest BCUT2D eigenvalue weighted by molar-refractivity contribution is 7.98. The normalized spacial score (nSPS) is 11.6. The molecule has 12 nitrogen and oxygen atoms in total. The van der Waals surface area contributed by atoms with E-state index in [1.54, 1.807) is 54.6 Å². The zero-order valence-electron chi connectivity index (χ0n) is 31.9. The number of benzene rings is 2. The lowest BCUT2D eigenvalue weighted by Gasteiger charge is -2.08. The first-order valence-electron chi connectivity index (χ1n) is 18.0. The van der Waals surface area contributed by atoms with E-state index in [1.807, 2.05) is 55.0 Å². The number of pyridine rings is 2. The average molecular weight is 783 g/mol. The van der Waals surface area contributed by atoms with Gasteiger partial charge >= 0.3 is 0 Å². The molecule has 56 heavy (non-hydrogen) atoms. The van der Waals surface area contributed by atoms with Crippen LogP contribution >= 0.6 is 11.8 Å². The molecule has 6 heterocycles. The van der Waals surface area contributed by atoms with Crippen LogP contribution in [0, 0.1) is 0 Å². The molecular formula is C42H42N10O2S2. The van der Waals surface area contributed by atoms with Crippen molar-refractivity contribution >= 4 is 66.7 Å². The molecule has 0 radical (unpaired) electrons. The molecule has 0 amide bonds. The monoisotopic (exact) mass is 782 g/mol. The fourth-order valence-corrected chi connectivity index (χ4v) is 7.49. The summed E-state index contributed by atoms with van der Waals surface area (Å²) in [5.74, 6) is 0.984. The van der Waals surface area contributed by atoms with Crippen LogP contribution in [-0.4, -0.2) is 60.0 Å². The molecule has 0 spiro atoms. The number of sulfone groups is 1. The Kier molecular flexibility index (Phi) is 11.1. The van der Waals surface area contributed by atoms with E-state index in [9.17, 15) is 8.42 Å². The molecule has 0 aliphatic carbocycles. The standard InChI is InChI=1S/C21H21N5O2S.C21H21N5S/c1-14(2)26-13-18(17-7-9-22-12-20(17)26)19-8-10-23-21(25-19)24-15-5-4-6-16(11-15)29(3,27)28;1-14(2)26-13-18(17-7-9-22-12-20(17)26)19-8-10-23-21(25-19)24-15-5-4-6-16(11-15)27-3/h4-14H,1-3H3,(H,23,24,25);4-14H,1-3H3,(H,23,24,25). The second-order valence-electron chi connectivity index (χ2n) is 13.7. The maximum Gasteiger partial charge on any atom is 0.227 e. The quantitative estimate of drug-likeness (QED) is 0.128. The second kappa shape index (κ2) is 16.3. The summed E-state index contributed by atoms with van der Waals surface area (Å²) in [5.41, 5.74) is 7.50. The van der Waals surface area contributed by atoms with Gasteiger partial charge in [0.2, 0.25) is 11.9 Å². The van der Waals surface area contributed by atoms with Gasteiger partial charge in [-0.15, -0.1) is 11.8 Å². The molecule has 14 heteroatoms. The van der Waals surface area contributed by atoms with Gasteiger partial charge in [0.15, 0.2) is 9.84 Å². The van der Waals surface area contributed by atoms with E-state index in [0.29, 0.717) is 23.6 Å². The van der Waals surface area contributed by atoms with Crippen LogP contribution in [0.1, 0.15) is 39.8 Å². The highest BCUT2D eigenvalue weighted by Gasteiger charge is 2.16. The van der Waals surface area contributed by atoms with Gasteiger partial charge in [0, 0.05) is 93.7 Å². The molecule has 6 aromatic heterocycles. The van der Waals surface area contributed by atoms with Crippen molar-refractivity contribution in [1.29, 1.82) is 0 Å². The van der Waals surface area contributed by atoms with E-state index in [4.69, 9.17) is 4.98 Å². The van der Waals surface area contributed by atoms with Gasteiger partial charge in [-0.2, -0.15) is 0 Å². The lowest BCUT2D eigenvalue weighted by molar-refractivity contribution is 0.602. The number of fused-ring (bicyclic) bond motifs is 2. The Bertz CT molecular complexity index is 2760. The van der Waals surface area contributed by atoms with Crippen molar-refractivity contribution in [3.05, 3.63) is 122 Å². The number of thioether (sulfide) groups is 1. The van der Waals surface area contributed by atoms with E-state index < -0.39 is 9.84 Å². The summed E-state index contributed by atoms with van der Waals surface area (Å²) >= 11 is 1.71. The zero-order valence-corrected chi connectivity index (χ0v) is 33.5. The predicted octanol–water partition coefficient (Wildman–Crippen LogP) is 9.76. The zero-order chi connectivity index (χ0) is 39.4. The molecule has 284 valence electrons. The van der Waals surface area contributed by atoms with E-state index in [2.05, 4.69) is 103 Å². The van der Waals surface area contributed by atoms with Gasteiger partial charge in [0.1, 0.15) is 0 Å². The van der Waals surface area contributed by atoms with Gasteiger partial charge in [-0.05, 0) is 94.6 Å².